The molecule has 5 nitrogen and oxygen atoms in total. The second-order valence-electron chi connectivity index (χ2n) is 4.49. The largest absolute Gasteiger partial charge is 0.380 e. The third-order valence-corrected chi connectivity index (χ3v) is 5.06. The van der Waals surface area contributed by atoms with Crippen LogP contribution in [-0.2, 0) is 14.8 Å². The molecule has 0 spiro atoms. The molecule has 1 N–H and O–H groups in total. The van der Waals surface area contributed by atoms with Crippen molar-refractivity contribution in [3.05, 3.63) is 12.2 Å². The van der Waals surface area contributed by atoms with Crippen molar-refractivity contribution in [2.45, 2.75) is 18.1 Å². The van der Waals surface area contributed by atoms with Gasteiger partial charge in [-0.2, -0.15) is 0 Å². The maximum Gasteiger partial charge on any atom is 0.216 e. The Morgan fingerprint density at radius 2 is 2.29 bits per heavy atom. The molecule has 0 bridgehead atoms. The highest BCUT2D eigenvalue weighted by molar-refractivity contribution is 7.90. The van der Waals surface area contributed by atoms with Gasteiger partial charge in [0.05, 0.1) is 6.61 Å². The summed E-state index contributed by atoms with van der Waals surface area (Å²) in [6.07, 6.45) is 5.96. The Morgan fingerprint density at radius 3 is 2.94 bits per heavy atom. The third kappa shape index (κ3) is 3.77. The zero-order valence-corrected chi connectivity index (χ0v) is 10.8. The number of ether oxygens (including phenoxy) is 1. The molecule has 0 aromatic rings. The average Bonchev–Trinajstić information content (AvgIpc) is 2.84. The topological polar surface area (TPSA) is 58.6 Å². The fourth-order valence-corrected chi connectivity index (χ4v) is 3.41. The second-order valence-corrected chi connectivity index (χ2v) is 6.53. The Morgan fingerprint density at radius 1 is 1.41 bits per heavy atom. The Hall–Kier alpha value is -0.430. The summed E-state index contributed by atoms with van der Waals surface area (Å²) in [5.74, 6) is 0. The average molecular weight is 260 g/mol. The van der Waals surface area contributed by atoms with Gasteiger partial charge in [0.15, 0.2) is 0 Å². The first-order valence-corrected chi connectivity index (χ1v) is 7.67. The fraction of sp³-hybridized carbons (Fsp3) is 0.818. The molecule has 0 aromatic carbocycles. The standard InChI is InChI=1S/C11H20N2O3S/c14-17(15,11-4-9-16-10-11)12-5-8-13-6-2-1-3-7-13/h1-2,11-12H,3-10H2. The van der Waals surface area contributed by atoms with Crippen molar-refractivity contribution in [3.63, 3.8) is 0 Å². The van der Waals surface area contributed by atoms with Crippen LogP contribution in [0.3, 0.4) is 0 Å². The lowest BCUT2D eigenvalue weighted by molar-refractivity contribution is 0.198. The second kappa shape index (κ2) is 5.95. The maximum atomic E-state index is 11.9. The predicted molar refractivity (Wildman–Crippen MR) is 66.3 cm³/mol. The van der Waals surface area contributed by atoms with Crippen LogP contribution in [0.2, 0.25) is 0 Å². The van der Waals surface area contributed by atoms with E-state index in [9.17, 15) is 8.42 Å². The molecule has 1 unspecified atom stereocenters. The molecule has 1 atom stereocenters. The maximum absolute atomic E-state index is 11.9. The summed E-state index contributed by atoms with van der Waals surface area (Å²) < 4.78 is 31.5. The molecular weight excluding hydrogens is 240 g/mol. The van der Waals surface area contributed by atoms with Crippen molar-refractivity contribution in [1.29, 1.82) is 0 Å². The van der Waals surface area contributed by atoms with Gasteiger partial charge in [-0.25, -0.2) is 13.1 Å². The molecule has 6 heteroatoms. The Labute approximate surface area is 103 Å². The van der Waals surface area contributed by atoms with Crippen molar-refractivity contribution in [2.24, 2.45) is 0 Å². The van der Waals surface area contributed by atoms with E-state index < -0.39 is 10.0 Å². The van der Waals surface area contributed by atoms with Crippen molar-refractivity contribution < 1.29 is 13.2 Å². The van der Waals surface area contributed by atoms with E-state index in [1.54, 1.807) is 0 Å². The molecule has 1 fully saturated rings. The first-order chi connectivity index (χ1) is 8.18. The van der Waals surface area contributed by atoms with Crippen molar-refractivity contribution in [1.82, 2.24) is 9.62 Å². The monoisotopic (exact) mass is 260 g/mol. The summed E-state index contributed by atoms with van der Waals surface area (Å²) in [5, 5.41) is -0.358. The van der Waals surface area contributed by atoms with E-state index >= 15 is 0 Å². The Kier molecular flexibility index (Phi) is 4.55. The number of nitrogens with zero attached hydrogens (tertiary/aromatic N) is 1. The van der Waals surface area contributed by atoms with Gasteiger partial charge in [-0.3, -0.25) is 4.90 Å². The first kappa shape index (κ1) is 13.0. The molecule has 2 aliphatic rings. The van der Waals surface area contributed by atoms with Crippen LogP contribution in [0.1, 0.15) is 12.8 Å². The van der Waals surface area contributed by atoms with Gasteiger partial charge in [0, 0.05) is 32.8 Å². The van der Waals surface area contributed by atoms with E-state index in [1.807, 2.05) is 0 Å². The third-order valence-electron chi connectivity index (χ3n) is 3.20. The van der Waals surface area contributed by atoms with E-state index in [2.05, 4.69) is 21.8 Å². The normalized spacial score (nSPS) is 26.5. The zero-order valence-electron chi connectivity index (χ0n) is 9.97. The van der Waals surface area contributed by atoms with E-state index in [-0.39, 0.29) is 5.25 Å². The van der Waals surface area contributed by atoms with Crippen LogP contribution in [0, 0.1) is 0 Å². The number of hydrogen-bond acceptors (Lipinski definition) is 4. The summed E-state index contributed by atoms with van der Waals surface area (Å²) in [7, 11) is -3.18. The fourth-order valence-electron chi connectivity index (χ4n) is 2.11. The van der Waals surface area contributed by atoms with Crippen LogP contribution >= 0.6 is 0 Å². The highest BCUT2D eigenvalue weighted by Gasteiger charge is 2.29. The lowest BCUT2D eigenvalue weighted by Crippen LogP contribution is -2.40. The molecule has 2 rings (SSSR count). The van der Waals surface area contributed by atoms with Crippen molar-refractivity contribution in [2.75, 3.05) is 39.4 Å². The zero-order chi connectivity index (χ0) is 12.1. The van der Waals surface area contributed by atoms with E-state index in [1.165, 1.54) is 0 Å². The molecule has 0 aromatic heterocycles. The molecule has 0 saturated carbocycles. The molecule has 2 aliphatic heterocycles. The molecule has 0 radical (unpaired) electrons. The highest BCUT2D eigenvalue weighted by atomic mass is 32.2. The number of nitrogens with one attached hydrogen (secondary N) is 1. The Balaban J connectivity index is 1.71. The lowest BCUT2D eigenvalue weighted by Gasteiger charge is -2.23. The van der Waals surface area contributed by atoms with Gasteiger partial charge in [-0.05, 0) is 12.8 Å². The van der Waals surface area contributed by atoms with Crippen molar-refractivity contribution >= 4 is 10.0 Å². The van der Waals surface area contributed by atoms with Gasteiger partial charge < -0.3 is 4.74 Å². The van der Waals surface area contributed by atoms with E-state index in [0.717, 1.165) is 26.1 Å². The van der Waals surface area contributed by atoms with Gasteiger partial charge in [-0.15, -0.1) is 0 Å². The summed E-state index contributed by atoms with van der Waals surface area (Å²) in [6, 6.07) is 0. The summed E-state index contributed by atoms with van der Waals surface area (Å²) in [4.78, 5) is 2.24. The predicted octanol–water partition coefficient (Wildman–Crippen LogP) is -0.0434. The van der Waals surface area contributed by atoms with Crippen molar-refractivity contribution in [3.8, 4) is 0 Å². The Bertz CT molecular complexity index is 361. The van der Waals surface area contributed by atoms with Crippen LogP contribution in [0.15, 0.2) is 12.2 Å². The van der Waals surface area contributed by atoms with Gasteiger partial charge >= 0.3 is 0 Å². The van der Waals surface area contributed by atoms with Gasteiger partial charge in [0.1, 0.15) is 5.25 Å². The van der Waals surface area contributed by atoms with Crippen LogP contribution in [-0.4, -0.2) is 58.0 Å². The van der Waals surface area contributed by atoms with Gasteiger partial charge in [0.2, 0.25) is 10.0 Å². The van der Waals surface area contributed by atoms with Gasteiger partial charge in [0.25, 0.3) is 0 Å². The SMILES string of the molecule is O=S(=O)(NCCN1CC=CCC1)C1CCOC1. The minimum absolute atomic E-state index is 0.335. The van der Waals surface area contributed by atoms with Gasteiger partial charge in [-0.1, -0.05) is 12.2 Å². The highest BCUT2D eigenvalue weighted by Crippen LogP contribution is 2.12. The summed E-state index contributed by atoms with van der Waals surface area (Å²) >= 11 is 0. The summed E-state index contributed by atoms with van der Waals surface area (Å²) in [6.45, 7) is 4.10. The number of hydrogen-bond donors (Lipinski definition) is 1. The number of rotatable bonds is 5. The molecule has 98 valence electrons. The van der Waals surface area contributed by atoms with Crippen LogP contribution < -0.4 is 4.72 Å². The molecular formula is C11H20N2O3S. The first-order valence-electron chi connectivity index (χ1n) is 6.12. The molecule has 17 heavy (non-hydrogen) atoms. The molecule has 0 amide bonds. The lowest BCUT2D eigenvalue weighted by atomic mass is 10.2. The molecule has 0 aliphatic carbocycles. The van der Waals surface area contributed by atoms with Crippen LogP contribution in [0.4, 0.5) is 0 Å². The van der Waals surface area contributed by atoms with E-state index in [0.29, 0.717) is 26.2 Å². The van der Waals surface area contributed by atoms with Crippen LogP contribution in [0.25, 0.3) is 0 Å². The molecule has 1 saturated heterocycles. The minimum Gasteiger partial charge on any atom is -0.380 e. The quantitative estimate of drug-likeness (QED) is 0.705. The van der Waals surface area contributed by atoms with E-state index in [4.69, 9.17) is 4.74 Å². The summed E-state index contributed by atoms with van der Waals surface area (Å²) in [5.41, 5.74) is 0. The number of sulfonamides is 1. The molecule has 2 heterocycles. The minimum atomic E-state index is -3.18. The smallest absolute Gasteiger partial charge is 0.216 e. The van der Waals surface area contributed by atoms with Crippen LogP contribution in [0.5, 0.6) is 0 Å².